The van der Waals surface area contributed by atoms with Crippen molar-refractivity contribution >= 4 is 21.6 Å². The van der Waals surface area contributed by atoms with Gasteiger partial charge in [0.25, 0.3) is 0 Å². The summed E-state index contributed by atoms with van der Waals surface area (Å²) >= 11 is 0. The minimum Gasteiger partial charge on any atom is -0.495 e. The Kier molecular flexibility index (Phi) is 6.52. The first-order chi connectivity index (χ1) is 16.0. The third-order valence-electron chi connectivity index (χ3n) is 7.01. The Bertz CT molecular complexity index is 1160. The van der Waals surface area contributed by atoms with Gasteiger partial charge in [0, 0.05) is 26.2 Å². The smallest absolute Gasteiger partial charge is 0.243 e. The fourth-order valence-electron chi connectivity index (χ4n) is 4.43. The number of hydrogen-bond acceptors (Lipinski definition) is 5. The summed E-state index contributed by atoms with van der Waals surface area (Å²) in [6, 6.07) is 12.9. The van der Waals surface area contributed by atoms with Crippen LogP contribution >= 0.6 is 0 Å². The highest BCUT2D eigenvalue weighted by Gasteiger charge is 2.51. The number of likely N-dealkylation sites (N-methyl/N-ethyl adjacent to an activating group) is 1. The summed E-state index contributed by atoms with van der Waals surface area (Å²) in [4.78, 5) is 15.7. The van der Waals surface area contributed by atoms with Crippen LogP contribution in [-0.2, 0) is 25.6 Å². The molecule has 1 N–H and O–H groups in total. The van der Waals surface area contributed by atoms with E-state index >= 15 is 0 Å². The highest BCUT2D eigenvalue weighted by atomic mass is 32.2. The number of nitrogens with zero attached hydrogens (tertiary/aromatic N) is 2. The third-order valence-corrected chi connectivity index (χ3v) is 8.90. The van der Waals surface area contributed by atoms with E-state index in [1.54, 1.807) is 12.1 Å². The van der Waals surface area contributed by atoms with E-state index in [1.165, 1.54) is 23.0 Å². The molecule has 1 heterocycles. The van der Waals surface area contributed by atoms with Crippen molar-refractivity contribution in [1.82, 2.24) is 9.21 Å². The second-order valence-corrected chi connectivity index (χ2v) is 12.4. The van der Waals surface area contributed by atoms with Crippen LogP contribution in [0.4, 0.5) is 5.69 Å². The zero-order valence-electron chi connectivity index (χ0n) is 20.7. The molecule has 2 aromatic carbocycles. The Morgan fingerprint density at radius 1 is 1.00 bits per heavy atom. The highest BCUT2D eigenvalue weighted by Crippen LogP contribution is 2.49. The maximum atomic E-state index is 13.4. The Hall–Kier alpha value is -2.42. The van der Waals surface area contributed by atoms with Crippen molar-refractivity contribution in [3.05, 3.63) is 53.6 Å². The lowest BCUT2D eigenvalue weighted by Gasteiger charge is -2.31. The number of hydrogen-bond donors (Lipinski definition) is 1. The van der Waals surface area contributed by atoms with Gasteiger partial charge >= 0.3 is 0 Å². The number of sulfonamides is 1. The van der Waals surface area contributed by atoms with Gasteiger partial charge in [-0.3, -0.25) is 4.79 Å². The van der Waals surface area contributed by atoms with Gasteiger partial charge in [-0.05, 0) is 54.6 Å². The number of methoxy groups -OCH3 is 1. The van der Waals surface area contributed by atoms with Gasteiger partial charge in [0.05, 0.1) is 23.1 Å². The van der Waals surface area contributed by atoms with Gasteiger partial charge in [0.2, 0.25) is 15.9 Å². The van der Waals surface area contributed by atoms with Crippen LogP contribution in [0.2, 0.25) is 0 Å². The van der Waals surface area contributed by atoms with Crippen LogP contribution in [-0.4, -0.2) is 63.9 Å². The molecule has 0 spiro atoms. The molecule has 1 amide bonds. The Labute approximate surface area is 203 Å². The molecule has 8 heteroatoms. The maximum Gasteiger partial charge on any atom is 0.243 e. The van der Waals surface area contributed by atoms with Crippen LogP contribution in [0, 0.1) is 0 Å². The van der Waals surface area contributed by atoms with E-state index in [-0.39, 0.29) is 16.2 Å². The van der Waals surface area contributed by atoms with E-state index < -0.39 is 15.4 Å². The zero-order chi connectivity index (χ0) is 24.7. The number of amides is 1. The van der Waals surface area contributed by atoms with Crippen molar-refractivity contribution in [2.24, 2.45) is 0 Å². The first kappa shape index (κ1) is 24.7. The first-order valence-electron chi connectivity index (χ1n) is 11.8. The van der Waals surface area contributed by atoms with E-state index in [4.69, 9.17) is 4.74 Å². The molecule has 2 aliphatic rings. The standard InChI is InChI=1S/C26H35N3O4S/c1-25(2,3)19-6-8-20(9-7-19)26(12-13-26)24(30)27-22-18-21(10-11-23(22)33-5)34(31,32)29-16-14-28(4)15-17-29/h6-11,18H,12-17H2,1-5H3,(H,27,30). The van der Waals surface area contributed by atoms with Crippen molar-refractivity contribution in [2.45, 2.75) is 49.3 Å². The van der Waals surface area contributed by atoms with Crippen LogP contribution in [0.5, 0.6) is 5.75 Å². The van der Waals surface area contributed by atoms with Gasteiger partial charge in [-0.25, -0.2) is 8.42 Å². The molecule has 1 aliphatic heterocycles. The summed E-state index contributed by atoms with van der Waals surface area (Å²) in [5.74, 6) is 0.299. The number of carbonyl (C=O) groups is 1. The van der Waals surface area contributed by atoms with Gasteiger partial charge < -0.3 is 15.0 Å². The number of anilines is 1. The molecule has 1 saturated heterocycles. The average molecular weight is 486 g/mol. The Morgan fingerprint density at radius 3 is 2.15 bits per heavy atom. The minimum atomic E-state index is -3.66. The van der Waals surface area contributed by atoms with Crippen LogP contribution in [0.25, 0.3) is 0 Å². The summed E-state index contributed by atoms with van der Waals surface area (Å²) < 4.78 is 33.4. The summed E-state index contributed by atoms with van der Waals surface area (Å²) in [5.41, 5.74) is 2.03. The highest BCUT2D eigenvalue weighted by molar-refractivity contribution is 7.89. The quantitative estimate of drug-likeness (QED) is 0.676. The fourth-order valence-corrected chi connectivity index (χ4v) is 5.87. The van der Waals surface area contributed by atoms with Crippen LogP contribution < -0.4 is 10.1 Å². The van der Waals surface area contributed by atoms with Gasteiger partial charge in [-0.15, -0.1) is 0 Å². The van der Waals surface area contributed by atoms with Gasteiger partial charge in [-0.1, -0.05) is 45.0 Å². The molecule has 1 saturated carbocycles. The molecule has 184 valence electrons. The van der Waals surface area contributed by atoms with E-state index in [9.17, 15) is 13.2 Å². The predicted octanol–water partition coefficient (Wildman–Crippen LogP) is 3.60. The monoisotopic (exact) mass is 485 g/mol. The van der Waals surface area contributed by atoms with Crippen molar-refractivity contribution in [1.29, 1.82) is 0 Å². The molecule has 4 rings (SSSR count). The maximum absolute atomic E-state index is 13.4. The van der Waals surface area contributed by atoms with Crippen molar-refractivity contribution < 1.29 is 17.9 Å². The normalized spacial score (nSPS) is 19.0. The van der Waals surface area contributed by atoms with E-state index in [1.807, 2.05) is 19.2 Å². The molecule has 0 radical (unpaired) electrons. The zero-order valence-corrected chi connectivity index (χ0v) is 21.5. The molecule has 0 unspecified atom stereocenters. The van der Waals surface area contributed by atoms with E-state index in [2.05, 4.69) is 43.1 Å². The molecule has 0 bridgehead atoms. The molecule has 7 nitrogen and oxygen atoms in total. The molecular weight excluding hydrogens is 450 g/mol. The predicted molar refractivity (Wildman–Crippen MR) is 134 cm³/mol. The summed E-state index contributed by atoms with van der Waals surface area (Å²) in [6.45, 7) is 8.76. The first-order valence-corrected chi connectivity index (χ1v) is 13.2. The second kappa shape index (κ2) is 8.98. The molecule has 2 fully saturated rings. The second-order valence-electron chi connectivity index (χ2n) is 10.4. The molecule has 34 heavy (non-hydrogen) atoms. The lowest BCUT2D eigenvalue weighted by molar-refractivity contribution is -0.118. The molecular formula is C26H35N3O4S. The summed E-state index contributed by atoms with van der Waals surface area (Å²) in [6.07, 6.45) is 1.52. The minimum absolute atomic E-state index is 0.0422. The van der Waals surface area contributed by atoms with E-state index in [0.29, 0.717) is 37.6 Å². The molecule has 0 atom stereocenters. The lowest BCUT2D eigenvalue weighted by atomic mass is 9.85. The third kappa shape index (κ3) is 4.72. The topological polar surface area (TPSA) is 79.0 Å². The van der Waals surface area contributed by atoms with Gasteiger partial charge in [-0.2, -0.15) is 4.31 Å². The van der Waals surface area contributed by atoms with Crippen LogP contribution in [0.1, 0.15) is 44.7 Å². The number of benzene rings is 2. The summed E-state index contributed by atoms with van der Waals surface area (Å²) in [5, 5.41) is 2.97. The van der Waals surface area contributed by atoms with Gasteiger partial charge in [0.1, 0.15) is 5.75 Å². The van der Waals surface area contributed by atoms with Crippen LogP contribution in [0.15, 0.2) is 47.4 Å². The lowest BCUT2D eigenvalue weighted by Crippen LogP contribution is -2.47. The Morgan fingerprint density at radius 2 is 1.62 bits per heavy atom. The van der Waals surface area contributed by atoms with Gasteiger partial charge in [0.15, 0.2) is 0 Å². The number of piperazine rings is 1. The number of rotatable bonds is 6. The molecule has 1 aliphatic carbocycles. The molecule has 0 aromatic heterocycles. The van der Waals surface area contributed by atoms with Crippen molar-refractivity contribution in [2.75, 3.05) is 45.7 Å². The average Bonchev–Trinajstić information content (AvgIpc) is 3.61. The van der Waals surface area contributed by atoms with Crippen LogP contribution in [0.3, 0.4) is 0 Å². The number of carbonyl (C=O) groups excluding carboxylic acids is 1. The van der Waals surface area contributed by atoms with Crippen molar-refractivity contribution in [3.63, 3.8) is 0 Å². The Balaban J connectivity index is 1.58. The van der Waals surface area contributed by atoms with Crippen molar-refractivity contribution in [3.8, 4) is 5.75 Å². The molecule has 2 aromatic rings. The number of nitrogens with one attached hydrogen (secondary N) is 1. The summed E-state index contributed by atoms with van der Waals surface area (Å²) in [7, 11) is -0.167. The number of ether oxygens (including phenoxy) is 1. The van der Waals surface area contributed by atoms with E-state index in [0.717, 1.165) is 18.4 Å². The SMILES string of the molecule is COc1ccc(S(=O)(=O)N2CCN(C)CC2)cc1NC(=O)C1(c2ccc(C(C)(C)C)cc2)CC1. The fraction of sp³-hybridized carbons (Fsp3) is 0.500. The largest absolute Gasteiger partial charge is 0.495 e.